The first kappa shape index (κ1) is 12.6. The maximum absolute atomic E-state index is 11.7. The van der Waals surface area contributed by atoms with E-state index < -0.39 is 6.03 Å². The van der Waals surface area contributed by atoms with Crippen molar-refractivity contribution in [2.24, 2.45) is 5.73 Å². The molecule has 0 aliphatic carbocycles. The van der Waals surface area contributed by atoms with Crippen molar-refractivity contribution in [3.05, 3.63) is 29.3 Å². The fourth-order valence-corrected chi connectivity index (χ4v) is 2.21. The largest absolute Gasteiger partial charge is 0.351 e. The van der Waals surface area contributed by atoms with E-state index in [0.29, 0.717) is 18.5 Å². The molecule has 0 radical (unpaired) electrons. The summed E-state index contributed by atoms with van der Waals surface area (Å²) in [6, 6.07) is 5.09. The molecule has 5 nitrogen and oxygen atoms in total. The second-order valence-electron chi connectivity index (χ2n) is 4.38. The number of amides is 3. The number of primary amides is 1. The van der Waals surface area contributed by atoms with Gasteiger partial charge in [-0.2, -0.15) is 0 Å². The highest BCUT2D eigenvalue weighted by Crippen LogP contribution is 2.28. The Morgan fingerprint density at radius 1 is 1.44 bits per heavy atom. The van der Waals surface area contributed by atoms with Crippen molar-refractivity contribution in [3.8, 4) is 0 Å². The molecule has 0 spiro atoms. The summed E-state index contributed by atoms with van der Waals surface area (Å²) in [6.45, 7) is 0.900. The van der Waals surface area contributed by atoms with Gasteiger partial charge in [0.25, 0.3) is 0 Å². The molecule has 18 heavy (non-hydrogen) atoms. The molecule has 2 rings (SSSR count). The predicted molar refractivity (Wildman–Crippen MR) is 69.5 cm³/mol. The molecule has 0 aromatic heterocycles. The Balaban J connectivity index is 2.31. The van der Waals surface area contributed by atoms with Gasteiger partial charge < -0.3 is 11.1 Å². The van der Waals surface area contributed by atoms with Crippen LogP contribution in [0.3, 0.4) is 0 Å². The van der Waals surface area contributed by atoms with Crippen molar-refractivity contribution in [1.29, 1.82) is 0 Å². The molecule has 0 saturated carbocycles. The minimum absolute atomic E-state index is 0.224. The van der Waals surface area contributed by atoms with Crippen LogP contribution in [-0.2, 0) is 17.6 Å². The lowest BCUT2D eigenvalue weighted by Gasteiger charge is -2.26. The maximum atomic E-state index is 11.7. The van der Waals surface area contributed by atoms with E-state index in [0.717, 1.165) is 23.4 Å². The highest BCUT2D eigenvalue weighted by molar-refractivity contribution is 6.15. The molecule has 1 heterocycles. The number of nitrogens with one attached hydrogen (secondary N) is 1. The minimum atomic E-state index is -0.705. The predicted octanol–water partition coefficient (Wildman–Crippen LogP) is 0.806. The number of rotatable bonds is 3. The first-order valence-electron chi connectivity index (χ1n) is 6.02. The zero-order valence-corrected chi connectivity index (χ0v) is 10.4. The Morgan fingerprint density at radius 3 is 2.89 bits per heavy atom. The van der Waals surface area contributed by atoms with E-state index in [4.69, 9.17) is 5.73 Å². The topological polar surface area (TPSA) is 75.4 Å². The summed E-state index contributed by atoms with van der Waals surface area (Å²) in [7, 11) is 1.91. The van der Waals surface area contributed by atoms with Gasteiger partial charge in [0.05, 0.1) is 5.69 Å². The number of benzene rings is 1. The third-order valence-electron chi connectivity index (χ3n) is 3.13. The highest BCUT2D eigenvalue weighted by Gasteiger charge is 2.27. The average molecular weight is 247 g/mol. The lowest BCUT2D eigenvalue weighted by atomic mass is 9.98. The van der Waals surface area contributed by atoms with Gasteiger partial charge in [-0.05, 0) is 43.6 Å². The van der Waals surface area contributed by atoms with Crippen LogP contribution in [0.25, 0.3) is 0 Å². The number of hydrogen-bond donors (Lipinski definition) is 2. The molecule has 1 aromatic carbocycles. The van der Waals surface area contributed by atoms with E-state index in [1.165, 1.54) is 5.56 Å². The van der Waals surface area contributed by atoms with E-state index in [1.54, 1.807) is 0 Å². The molecular formula is C13H17N3O2. The van der Waals surface area contributed by atoms with Gasteiger partial charge in [-0.3, -0.25) is 4.79 Å². The van der Waals surface area contributed by atoms with Gasteiger partial charge in [0.1, 0.15) is 0 Å². The van der Waals surface area contributed by atoms with E-state index in [-0.39, 0.29) is 5.91 Å². The number of imide groups is 1. The second-order valence-corrected chi connectivity index (χ2v) is 4.38. The number of anilines is 1. The molecule has 3 amide bonds. The number of urea groups is 1. The number of carbonyl (C=O) groups excluding carboxylic acids is 2. The number of likely N-dealkylation sites (N-methyl/N-ethyl adjacent to an activating group) is 1. The van der Waals surface area contributed by atoms with Gasteiger partial charge in [0.15, 0.2) is 0 Å². The Morgan fingerprint density at radius 2 is 2.22 bits per heavy atom. The third kappa shape index (κ3) is 2.36. The van der Waals surface area contributed by atoms with Crippen LogP contribution in [0.1, 0.15) is 17.5 Å². The summed E-state index contributed by atoms with van der Waals surface area (Å²) in [5, 5.41) is 3.09. The third-order valence-corrected chi connectivity index (χ3v) is 3.13. The number of nitrogens with zero attached hydrogens (tertiary/aromatic N) is 1. The van der Waals surface area contributed by atoms with Crippen LogP contribution in [-0.4, -0.2) is 25.5 Å². The fourth-order valence-electron chi connectivity index (χ4n) is 2.21. The highest BCUT2D eigenvalue weighted by atomic mass is 16.2. The van der Waals surface area contributed by atoms with Gasteiger partial charge in [0.2, 0.25) is 5.91 Å². The van der Waals surface area contributed by atoms with Crippen molar-refractivity contribution in [3.63, 3.8) is 0 Å². The molecule has 0 saturated heterocycles. The van der Waals surface area contributed by atoms with Crippen molar-refractivity contribution in [2.45, 2.75) is 19.3 Å². The van der Waals surface area contributed by atoms with Gasteiger partial charge in [-0.15, -0.1) is 0 Å². The first-order chi connectivity index (χ1) is 8.63. The monoisotopic (exact) mass is 247 g/mol. The zero-order chi connectivity index (χ0) is 13.1. The summed E-state index contributed by atoms with van der Waals surface area (Å²) < 4.78 is 0. The number of hydrogen-bond acceptors (Lipinski definition) is 3. The molecule has 0 unspecified atom stereocenters. The van der Waals surface area contributed by atoms with Crippen LogP contribution in [0.5, 0.6) is 0 Å². The zero-order valence-electron chi connectivity index (χ0n) is 10.4. The number of nitrogens with two attached hydrogens (primary N) is 1. The number of fused-ring (bicyclic) bond motifs is 1. The van der Waals surface area contributed by atoms with Crippen molar-refractivity contribution in [1.82, 2.24) is 5.32 Å². The summed E-state index contributed by atoms with van der Waals surface area (Å²) in [4.78, 5) is 24.0. The molecule has 1 aliphatic heterocycles. The second kappa shape index (κ2) is 5.18. The summed E-state index contributed by atoms with van der Waals surface area (Å²) in [6.07, 6.45) is 1.94. The normalized spacial score (nSPS) is 14.5. The molecule has 3 N–H and O–H groups in total. The Bertz CT molecular complexity index is 485. The Hall–Kier alpha value is -1.88. The SMILES string of the molecule is CNCCc1ccc2c(c1)CCC(=O)N2C(N)=O. The van der Waals surface area contributed by atoms with Crippen LogP contribution in [0.2, 0.25) is 0 Å². The lowest BCUT2D eigenvalue weighted by Crippen LogP contribution is -2.43. The van der Waals surface area contributed by atoms with E-state index in [9.17, 15) is 9.59 Å². The standard InChI is InChI=1S/C13H17N3O2/c1-15-7-6-9-2-4-11-10(8-9)3-5-12(17)16(11)13(14)18/h2,4,8,15H,3,5-7H2,1H3,(H2,14,18). The average Bonchev–Trinajstić information content (AvgIpc) is 2.35. The van der Waals surface area contributed by atoms with Crippen molar-refractivity contribution >= 4 is 17.6 Å². The lowest BCUT2D eigenvalue weighted by molar-refractivity contribution is -0.118. The van der Waals surface area contributed by atoms with Crippen molar-refractivity contribution < 1.29 is 9.59 Å². The summed E-state index contributed by atoms with van der Waals surface area (Å²) in [5.41, 5.74) is 8.09. The number of aryl methyl sites for hydroxylation is 1. The van der Waals surface area contributed by atoms with E-state index >= 15 is 0 Å². The van der Waals surface area contributed by atoms with Crippen LogP contribution in [0, 0.1) is 0 Å². The molecule has 0 atom stereocenters. The van der Waals surface area contributed by atoms with Crippen LogP contribution < -0.4 is 16.0 Å². The molecular weight excluding hydrogens is 230 g/mol. The van der Waals surface area contributed by atoms with E-state index in [2.05, 4.69) is 11.4 Å². The van der Waals surface area contributed by atoms with Gasteiger partial charge in [0, 0.05) is 6.42 Å². The van der Waals surface area contributed by atoms with Gasteiger partial charge >= 0.3 is 6.03 Å². The Labute approximate surface area is 106 Å². The smallest absolute Gasteiger partial charge is 0.326 e. The fraction of sp³-hybridized carbons (Fsp3) is 0.385. The van der Waals surface area contributed by atoms with Crippen LogP contribution in [0.15, 0.2) is 18.2 Å². The quantitative estimate of drug-likeness (QED) is 0.829. The molecule has 1 aromatic rings. The summed E-state index contributed by atoms with van der Waals surface area (Å²) >= 11 is 0. The number of carbonyl (C=O) groups is 2. The molecule has 1 aliphatic rings. The maximum Gasteiger partial charge on any atom is 0.326 e. The molecule has 5 heteroatoms. The van der Waals surface area contributed by atoms with Gasteiger partial charge in [-0.25, -0.2) is 9.69 Å². The van der Waals surface area contributed by atoms with Crippen molar-refractivity contribution in [2.75, 3.05) is 18.5 Å². The van der Waals surface area contributed by atoms with Gasteiger partial charge in [-0.1, -0.05) is 12.1 Å². The first-order valence-corrected chi connectivity index (χ1v) is 6.02. The minimum Gasteiger partial charge on any atom is -0.351 e. The van der Waals surface area contributed by atoms with E-state index in [1.807, 2.05) is 19.2 Å². The Kier molecular flexibility index (Phi) is 3.62. The van der Waals surface area contributed by atoms with Crippen LogP contribution in [0.4, 0.5) is 10.5 Å². The molecule has 0 bridgehead atoms. The van der Waals surface area contributed by atoms with Crippen LogP contribution >= 0.6 is 0 Å². The summed E-state index contributed by atoms with van der Waals surface area (Å²) in [5.74, 6) is -0.224. The molecule has 96 valence electrons. The molecule has 0 fully saturated rings.